The van der Waals surface area contributed by atoms with Crippen molar-refractivity contribution in [2.45, 2.75) is 38.5 Å². The molecule has 0 bridgehead atoms. The van der Waals surface area contributed by atoms with Crippen LogP contribution in [0, 0.1) is 0 Å². The molecule has 0 atom stereocenters. The number of hydrogen-bond acceptors (Lipinski definition) is 3. The Labute approximate surface area is 84.5 Å². The minimum Gasteiger partial charge on any atom is -0.481 e. The molecule has 1 heterocycles. The third-order valence-corrected chi connectivity index (χ3v) is 2.61. The van der Waals surface area contributed by atoms with E-state index in [9.17, 15) is 0 Å². The normalized spacial score (nSPS) is 16.0. The topological polar surface area (TPSA) is 35.0 Å². The summed E-state index contributed by atoms with van der Waals surface area (Å²) in [5.41, 5.74) is 2.39. The Hall–Kier alpha value is -1.12. The van der Waals surface area contributed by atoms with Crippen molar-refractivity contribution in [3.8, 4) is 5.88 Å². The molecule has 1 aliphatic carbocycles. The third kappa shape index (κ3) is 1.59. The first-order chi connectivity index (χ1) is 6.74. The van der Waals surface area contributed by atoms with E-state index in [0.717, 1.165) is 5.88 Å². The van der Waals surface area contributed by atoms with Gasteiger partial charge in [0.05, 0.1) is 12.8 Å². The van der Waals surface area contributed by atoms with Crippen LogP contribution in [0.1, 0.15) is 49.8 Å². The molecular weight excluding hydrogens is 176 g/mol. The van der Waals surface area contributed by atoms with Crippen LogP contribution in [-0.2, 0) is 0 Å². The van der Waals surface area contributed by atoms with E-state index < -0.39 is 0 Å². The Bertz CT molecular complexity index is 332. The molecule has 0 N–H and O–H groups in total. The quantitative estimate of drug-likeness (QED) is 0.738. The number of ether oxygens (including phenoxy) is 1. The van der Waals surface area contributed by atoms with Crippen molar-refractivity contribution in [1.82, 2.24) is 9.97 Å². The van der Waals surface area contributed by atoms with Crippen LogP contribution in [0.2, 0.25) is 0 Å². The SMILES string of the molecule is COc1ncnc(C2CC2)c1C(C)C. The Morgan fingerprint density at radius 2 is 2.07 bits per heavy atom. The highest BCUT2D eigenvalue weighted by Crippen LogP contribution is 2.43. The molecule has 76 valence electrons. The zero-order chi connectivity index (χ0) is 10.1. The third-order valence-electron chi connectivity index (χ3n) is 2.61. The molecule has 1 saturated carbocycles. The number of methoxy groups -OCH3 is 1. The Morgan fingerprint density at radius 3 is 2.57 bits per heavy atom. The van der Waals surface area contributed by atoms with Gasteiger partial charge in [0, 0.05) is 11.5 Å². The minimum atomic E-state index is 0.432. The van der Waals surface area contributed by atoms with Gasteiger partial charge in [0.25, 0.3) is 0 Å². The van der Waals surface area contributed by atoms with Gasteiger partial charge in [-0.05, 0) is 18.8 Å². The maximum absolute atomic E-state index is 5.27. The fraction of sp³-hybridized carbons (Fsp3) is 0.636. The van der Waals surface area contributed by atoms with Crippen LogP contribution in [0.3, 0.4) is 0 Å². The highest BCUT2D eigenvalue weighted by Gasteiger charge is 2.30. The number of hydrogen-bond donors (Lipinski definition) is 0. The van der Waals surface area contributed by atoms with Gasteiger partial charge in [0.2, 0.25) is 5.88 Å². The van der Waals surface area contributed by atoms with Gasteiger partial charge in [0.1, 0.15) is 6.33 Å². The molecule has 1 fully saturated rings. The predicted molar refractivity (Wildman–Crippen MR) is 54.6 cm³/mol. The predicted octanol–water partition coefficient (Wildman–Crippen LogP) is 2.49. The number of aromatic nitrogens is 2. The van der Waals surface area contributed by atoms with E-state index in [4.69, 9.17) is 4.74 Å². The van der Waals surface area contributed by atoms with Gasteiger partial charge in [0.15, 0.2) is 0 Å². The first-order valence-electron chi connectivity index (χ1n) is 5.12. The van der Waals surface area contributed by atoms with Crippen molar-refractivity contribution in [2.75, 3.05) is 7.11 Å². The van der Waals surface area contributed by atoms with E-state index in [-0.39, 0.29) is 0 Å². The Balaban J connectivity index is 2.46. The summed E-state index contributed by atoms with van der Waals surface area (Å²) in [5, 5.41) is 0. The van der Waals surface area contributed by atoms with Crippen LogP contribution >= 0.6 is 0 Å². The van der Waals surface area contributed by atoms with Crippen molar-refractivity contribution < 1.29 is 4.74 Å². The second-order valence-corrected chi connectivity index (χ2v) is 4.11. The van der Waals surface area contributed by atoms with Gasteiger partial charge in [-0.1, -0.05) is 13.8 Å². The summed E-state index contributed by atoms with van der Waals surface area (Å²) in [6.07, 6.45) is 4.14. The molecule has 0 aromatic carbocycles. The molecule has 0 amide bonds. The number of rotatable bonds is 3. The molecule has 1 aromatic rings. The van der Waals surface area contributed by atoms with Crippen molar-refractivity contribution in [2.24, 2.45) is 0 Å². The molecule has 1 aliphatic rings. The zero-order valence-corrected chi connectivity index (χ0v) is 8.95. The first kappa shape index (κ1) is 9.44. The van der Waals surface area contributed by atoms with Crippen LogP contribution < -0.4 is 4.74 Å². The fourth-order valence-electron chi connectivity index (χ4n) is 1.78. The second kappa shape index (κ2) is 3.56. The van der Waals surface area contributed by atoms with E-state index in [1.54, 1.807) is 13.4 Å². The van der Waals surface area contributed by atoms with Gasteiger partial charge in [-0.3, -0.25) is 0 Å². The van der Waals surface area contributed by atoms with Crippen molar-refractivity contribution in [3.63, 3.8) is 0 Å². The summed E-state index contributed by atoms with van der Waals surface area (Å²) in [5.74, 6) is 1.84. The lowest BCUT2D eigenvalue weighted by atomic mass is 10.0. The molecule has 0 spiro atoms. The molecule has 0 aliphatic heterocycles. The Morgan fingerprint density at radius 1 is 1.36 bits per heavy atom. The molecule has 0 unspecified atom stereocenters. The molecule has 0 saturated heterocycles. The van der Waals surface area contributed by atoms with Crippen molar-refractivity contribution in [1.29, 1.82) is 0 Å². The molecule has 0 radical (unpaired) electrons. The van der Waals surface area contributed by atoms with E-state index in [1.807, 2.05) is 0 Å². The van der Waals surface area contributed by atoms with E-state index in [2.05, 4.69) is 23.8 Å². The van der Waals surface area contributed by atoms with Crippen LogP contribution in [0.25, 0.3) is 0 Å². The summed E-state index contributed by atoms with van der Waals surface area (Å²) >= 11 is 0. The van der Waals surface area contributed by atoms with Crippen LogP contribution in [-0.4, -0.2) is 17.1 Å². The van der Waals surface area contributed by atoms with Crippen molar-refractivity contribution >= 4 is 0 Å². The smallest absolute Gasteiger partial charge is 0.219 e. The van der Waals surface area contributed by atoms with Gasteiger partial charge in [-0.15, -0.1) is 0 Å². The van der Waals surface area contributed by atoms with Crippen molar-refractivity contribution in [3.05, 3.63) is 17.6 Å². The summed E-state index contributed by atoms with van der Waals surface area (Å²) in [6.45, 7) is 4.32. The van der Waals surface area contributed by atoms with Crippen LogP contribution in [0.4, 0.5) is 0 Å². The highest BCUT2D eigenvalue weighted by molar-refractivity contribution is 5.36. The summed E-state index contributed by atoms with van der Waals surface area (Å²) in [6, 6.07) is 0. The highest BCUT2D eigenvalue weighted by atomic mass is 16.5. The lowest BCUT2D eigenvalue weighted by Crippen LogP contribution is -2.04. The molecule has 1 aromatic heterocycles. The second-order valence-electron chi connectivity index (χ2n) is 4.11. The van der Waals surface area contributed by atoms with Gasteiger partial charge < -0.3 is 4.74 Å². The lowest BCUT2D eigenvalue weighted by Gasteiger charge is -2.13. The minimum absolute atomic E-state index is 0.432. The fourth-order valence-corrected chi connectivity index (χ4v) is 1.78. The monoisotopic (exact) mass is 192 g/mol. The summed E-state index contributed by atoms with van der Waals surface area (Å²) < 4.78 is 5.27. The average Bonchev–Trinajstić information content (AvgIpc) is 2.99. The van der Waals surface area contributed by atoms with Gasteiger partial charge in [-0.25, -0.2) is 9.97 Å². The molecule has 3 heteroatoms. The average molecular weight is 192 g/mol. The Kier molecular flexibility index (Phi) is 2.40. The van der Waals surface area contributed by atoms with Crippen LogP contribution in [0.5, 0.6) is 5.88 Å². The van der Waals surface area contributed by atoms with E-state index >= 15 is 0 Å². The molecule has 2 rings (SSSR count). The van der Waals surface area contributed by atoms with Gasteiger partial charge >= 0.3 is 0 Å². The number of nitrogens with zero attached hydrogens (tertiary/aromatic N) is 2. The first-order valence-corrected chi connectivity index (χ1v) is 5.12. The van der Waals surface area contributed by atoms with Gasteiger partial charge in [-0.2, -0.15) is 0 Å². The maximum Gasteiger partial charge on any atom is 0.219 e. The lowest BCUT2D eigenvalue weighted by molar-refractivity contribution is 0.387. The summed E-state index contributed by atoms with van der Waals surface area (Å²) in [7, 11) is 1.67. The van der Waals surface area contributed by atoms with E-state index in [1.165, 1.54) is 24.1 Å². The maximum atomic E-state index is 5.27. The molecular formula is C11H16N2O. The van der Waals surface area contributed by atoms with Crippen LogP contribution in [0.15, 0.2) is 6.33 Å². The molecule has 14 heavy (non-hydrogen) atoms. The zero-order valence-electron chi connectivity index (χ0n) is 8.95. The largest absolute Gasteiger partial charge is 0.481 e. The summed E-state index contributed by atoms with van der Waals surface area (Å²) in [4.78, 5) is 8.54. The molecule has 3 nitrogen and oxygen atoms in total. The van der Waals surface area contributed by atoms with E-state index in [0.29, 0.717) is 11.8 Å². The standard InChI is InChI=1S/C11H16N2O/c1-7(2)9-10(8-4-5-8)12-6-13-11(9)14-3/h6-8H,4-5H2,1-3H3.